The number of hydrogen-bond acceptors (Lipinski definition) is 3. The smallest absolute Gasteiger partial charge is 0.323 e. The number of aryl methyl sites for hydroxylation is 1. The van der Waals surface area contributed by atoms with E-state index in [1.807, 2.05) is 41.1 Å². The lowest BCUT2D eigenvalue weighted by Crippen LogP contribution is -2.39. The second-order valence-corrected chi connectivity index (χ2v) is 7.15. The van der Waals surface area contributed by atoms with Crippen LogP contribution in [0.3, 0.4) is 0 Å². The monoisotopic (exact) mass is 367 g/mol. The molecule has 0 radical (unpaired) electrons. The van der Waals surface area contributed by atoms with Crippen molar-refractivity contribution in [3.63, 3.8) is 0 Å². The Morgan fingerprint density at radius 1 is 1.30 bits per heavy atom. The largest absolute Gasteiger partial charge is 0.354 e. The Labute approximate surface area is 158 Å². The second kappa shape index (κ2) is 7.42. The van der Waals surface area contributed by atoms with Crippen molar-refractivity contribution >= 4 is 17.8 Å². The molecule has 2 aliphatic rings. The normalized spacial score (nSPS) is 20.1. The molecule has 1 atom stereocenters. The van der Waals surface area contributed by atoms with Gasteiger partial charge in [0, 0.05) is 37.3 Å². The van der Waals surface area contributed by atoms with Crippen molar-refractivity contribution < 1.29 is 9.59 Å². The number of hydrogen-bond donors (Lipinski definition) is 2. The van der Waals surface area contributed by atoms with Gasteiger partial charge in [-0.25, -0.2) is 4.79 Å². The molecule has 1 saturated carbocycles. The van der Waals surface area contributed by atoms with Crippen LogP contribution in [0.1, 0.15) is 49.4 Å². The van der Waals surface area contributed by atoms with Crippen molar-refractivity contribution in [2.24, 2.45) is 0 Å². The first-order valence-electron chi connectivity index (χ1n) is 9.62. The Morgan fingerprint density at radius 2 is 2.07 bits per heavy atom. The van der Waals surface area contributed by atoms with Crippen LogP contribution in [0.5, 0.6) is 0 Å². The highest BCUT2D eigenvalue weighted by Crippen LogP contribution is 2.40. The van der Waals surface area contributed by atoms with Crippen LogP contribution in [0.25, 0.3) is 0 Å². The van der Waals surface area contributed by atoms with E-state index in [2.05, 4.69) is 22.7 Å². The predicted molar refractivity (Wildman–Crippen MR) is 102 cm³/mol. The minimum Gasteiger partial charge on any atom is -0.354 e. The number of carbonyl (C=O) groups is 2. The molecule has 4 rings (SSSR count). The highest BCUT2D eigenvalue weighted by Gasteiger charge is 2.31. The molecule has 7 heteroatoms. The molecule has 1 aromatic heterocycles. The van der Waals surface area contributed by atoms with Gasteiger partial charge in [-0.15, -0.1) is 0 Å². The summed E-state index contributed by atoms with van der Waals surface area (Å²) in [6.07, 6.45) is 2.64. The van der Waals surface area contributed by atoms with E-state index < -0.39 is 0 Å². The quantitative estimate of drug-likeness (QED) is 0.872. The number of urea groups is 1. The van der Waals surface area contributed by atoms with Crippen LogP contribution in [0, 0.1) is 0 Å². The Kier molecular flexibility index (Phi) is 4.83. The van der Waals surface area contributed by atoms with Crippen LogP contribution in [0.2, 0.25) is 0 Å². The summed E-state index contributed by atoms with van der Waals surface area (Å²) in [5.74, 6) is 1.12. The number of nitrogens with one attached hydrogen (secondary N) is 2. The molecular weight excluding hydrogens is 342 g/mol. The van der Waals surface area contributed by atoms with E-state index >= 15 is 0 Å². The fraction of sp³-hybridized carbons (Fsp3) is 0.450. The number of nitrogens with zero attached hydrogens (tertiary/aromatic N) is 3. The molecule has 7 nitrogen and oxygen atoms in total. The standard InChI is InChI=1S/C20H25N5O2/c1-2-25-17(15-8-9-15)12-18(23-25)22-20(27)24-11-10-21-19(26)13-16(24)14-6-4-3-5-7-14/h3-7,12,15-16H,2,8-11,13H2,1H3,(H,21,26)(H,22,23,27). The molecule has 3 amide bonds. The Hall–Kier alpha value is -2.83. The lowest BCUT2D eigenvalue weighted by atomic mass is 10.0. The van der Waals surface area contributed by atoms with Crippen LogP contribution >= 0.6 is 0 Å². The molecule has 2 aromatic rings. The number of benzene rings is 1. The highest BCUT2D eigenvalue weighted by molar-refractivity contribution is 5.89. The van der Waals surface area contributed by atoms with Crippen molar-refractivity contribution in [1.29, 1.82) is 0 Å². The van der Waals surface area contributed by atoms with Gasteiger partial charge in [0.2, 0.25) is 5.91 Å². The van der Waals surface area contributed by atoms with Crippen LogP contribution in [-0.4, -0.2) is 39.7 Å². The van der Waals surface area contributed by atoms with Gasteiger partial charge in [-0.1, -0.05) is 30.3 Å². The molecule has 27 heavy (non-hydrogen) atoms. The summed E-state index contributed by atoms with van der Waals surface area (Å²) >= 11 is 0. The van der Waals surface area contributed by atoms with Crippen LogP contribution in [0.4, 0.5) is 10.6 Å². The highest BCUT2D eigenvalue weighted by atomic mass is 16.2. The number of aromatic nitrogens is 2. The van der Waals surface area contributed by atoms with Crippen molar-refractivity contribution in [3.05, 3.63) is 47.7 Å². The first kappa shape index (κ1) is 17.6. The van der Waals surface area contributed by atoms with Crippen molar-refractivity contribution in [3.8, 4) is 0 Å². The summed E-state index contributed by atoms with van der Waals surface area (Å²) in [6.45, 7) is 3.76. The van der Waals surface area contributed by atoms with Gasteiger partial charge in [-0.05, 0) is 25.3 Å². The van der Waals surface area contributed by atoms with E-state index in [9.17, 15) is 9.59 Å². The molecule has 2 N–H and O–H groups in total. The fourth-order valence-corrected chi connectivity index (χ4v) is 3.68. The summed E-state index contributed by atoms with van der Waals surface area (Å²) in [4.78, 5) is 26.8. The lowest BCUT2D eigenvalue weighted by molar-refractivity contribution is -0.121. The molecule has 142 valence electrons. The van der Waals surface area contributed by atoms with Crippen LogP contribution in [0.15, 0.2) is 36.4 Å². The third-order valence-electron chi connectivity index (χ3n) is 5.22. The molecule has 2 fully saturated rings. The molecule has 1 unspecified atom stereocenters. The molecule has 1 aliphatic carbocycles. The Morgan fingerprint density at radius 3 is 2.78 bits per heavy atom. The maximum atomic E-state index is 13.0. The zero-order chi connectivity index (χ0) is 18.8. The minimum atomic E-state index is -0.287. The van der Waals surface area contributed by atoms with Crippen molar-refractivity contribution in [2.45, 2.75) is 44.7 Å². The molecule has 1 aromatic carbocycles. The fourth-order valence-electron chi connectivity index (χ4n) is 3.68. The molecule has 0 spiro atoms. The van der Waals surface area contributed by atoms with E-state index in [0.29, 0.717) is 24.8 Å². The summed E-state index contributed by atoms with van der Waals surface area (Å²) in [7, 11) is 0. The van der Waals surface area contributed by atoms with Crippen LogP contribution < -0.4 is 10.6 Å². The summed E-state index contributed by atoms with van der Waals surface area (Å²) in [6, 6.07) is 11.2. The van der Waals surface area contributed by atoms with Gasteiger partial charge in [-0.3, -0.25) is 14.8 Å². The second-order valence-electron chi connectivity index (χ2n) is 7.15. The number of amides is 3. The maximum absolute atomic E-state index is 13.0. The number of carbonyl (C=O) groups excluding carboxylic acids is 2. The SMILES string of the molecule is CCn1nc(NC(=O)N2CCNC(=O)CC2c2ccccc2)cc1C1CC1. The molecular formula is C20H25N5O2. The van der Waals surface area contributed by atoms with Gasteiger partial charge in [0.1, 0.15) is 0 Å². The Balaban J connectivity index is 1.55. The average Bonchev–Trinajstić information content (AvgIpc) is 3.47. The first-order chi connectivity index (χ1) is 13.2. The third kappa shape index (κ3) is 3.82. The summed E-state index contributed by atoms with van der Waals surface area (Å²) < 4.78 is 1.97. The van der Waals surface area contributed by atoms with E-state index in [0.717, 1.165) is 12.1 Å². The third-order valence-corrected chi connectivity index (χ3v) is 5.22. The topological polar surface area (TPSA) is 79.3 Å². The summed E-state index contributed by atoms with van der Waals surface area (Å²) in [5.41, 5.74) is 2.16. The Bertz CT molecular complexity index is 828. The van der Waals surface area contributed by atoms with Gasteiger partial charge in [0.15, 0.2) is 5.82 Å². The van der Waals surface area contributed by atoms with Crippen molar-refractivity contribution in [2.75, 3.05) is 18.4 Å². The van der Waals surface area contributed by atoms with Crippen LogP contribution in [-0.2, 0) is 11.3 Å². The minimum absolute atomic E-state index is 0.0366. The zero-order valence-corrected chi connectivity index (χ0v) is 15.5. The lowest BCUT2D eigenvalue weighted by Gasteiger charge is -2.29. The summed E-state index contributed by atoms with van der Waals surface area (Å²) in [5, 5.41) is 10.3. The average molecular weight is 367 g/mol. The molecule has 0 bridgehead atoms. The van der Waals surface area contributed by atoms with Crippen molar-refractivity contribution in [1.82, 2.24) is 20.0 Å². The molecule has 1 aliphatic heterocycles. The van der Waals surface area contributed by atoms with Gasteiger partial charge in [0.25, 0.3) is 0 Å². The first-order valence-corrected chi connectivity index (χ1v) is 9.62. The van der Waals surface area contributed by atoms with E-state index in [4.69, 9.17) is 0 Å². The number of rotatable bonds is 4. The zero-order valence-electron chi connectivity index (χ0n) is 15.5. The maximum Gasteiger partial charge on any atom is 0.323 e. The van der Waals surface area contributed by atoms with Gasteiger partial charge in [-0.2, -0.15) is 5.10 Å². The van der Waals surface area contributed by atoms with Gasteiger partial charge < -0.3 is 10.2 Å². The van der Waals surface area contributed by atoms with Gasteiger partial charge >= 0.3 is 6.03 Å². The van der Waals surface area contributed by atoms with E-state index in [1.54, 1.807) is 4.90 Å². The molecule has 1 saturated heterocycles. The van der Waals surface area contributed by atoms with E-state index in [1.165, 1.54) is 18.5 Å². The van der Waals surface area contributed by atoms with Gasteiger partial charge in [0.05, 0.1) is 12.5 Å². The van der Waals surface area contributed by atoms with E-state index in [-0.39, 0.29) is 24.4 Å². The molecule has 2 heterocycles. The number of anilines is 1. The predicted octanol–water partition coefficient (Wildman–Crippen LogP) is 2.88.